The van der Waals surface area contributed by atoms with E-state index >= 15 is 0 Å². The van der Waals surface area contributed by atoms with Gasteiger partial charge in [-0.25, -0.2) is 19.9 Å². The summed E-state index contributed by atoms with van der Waals surface area (Å²) in [6, 6.07) is 5.49. The maximum Gasteiger partial charge on any atom is 0.241 e. The summed E-state index contributed by atoms with van der Waals surface area (Å²) in [5.74, 6) is 1.74. The number of aliphatic hydroxyl groups is 2. The molecule has 2 aliphatic heterocycles. The van der Waals surface area contributed by atoms with E-state index in [1.807, 2.05) is 17.0 Å². The van der Waals surface area contributed by atoms with E-state index in [0.717, 1.165) is 48.3 Å². The molecular weight excluding hydrogens is 460 g/mol. The molecular formula is C25H32N8O3. The second-order valence-electron chi connectivity index (χ2n) is 9.30. The van der Waals surface area contributed by atoms with Gasteiger partial charge in [0.2, 0.25) is 11.9 Å². The molecule has 0 saturated carbocycles. The van der Waals surface area contributed by atoms with Crippen molar-refractivity contribution in [3.05, 3.63) is 36.3 Å². The molecule has 2 aliphatic rings. The minimum atomic E-state index is -0.678. The Labute approximate surface area is 209 Å². The van der Waals surface area contributed by atoms with E-state index in [1.165, 1.54) is 6.42 Å². The number of piperazine rings is 1. The molecule has 3 N–H and O–H groups in total. The van der Waals surface area contributed by atoms with Gasteiger partial charge in [0.25, 0.3) is 0 Å². The molecule has 2 saturated heterocycles. The zero-order valence-corrected chi connectivity index (χ0v) is 20.5. The number of aliphatic hydroxyl groups excluding tert-OH is 2. The summed E-state index contributed by atoms with van der Waals surface area (Å²) < 4.78 is 0. The largest absolute Gasteiger partial charge is 0.395 e. The quantitative estimate of drug-likeness (QED) is 0.449. The minimum Gasteiger partial charge on any atom is -0.395 e. The lowest BCUT2D eigenvalue weighted by molar-refractivity contribution is -0.121. The van der Waals surface area contributed by atoms with Gasteiger partial charge in [0.05, 0.1) is 36.8 Å². The highest BCUT2D eigenvalue weighted by molar-refractivity contribution is 5.95. The van der Waals surface area contributed by atoms with E-state index < -0.39 is 6.10 Å². The van der Waals surface area contributed by atoms with E-state index in [-0.39, 0.29) is 19.1 Å². The van der Waals surface area contributed by atoms with Crippen molar-refractivity contribution in [2.24, 2.45) is 0 Å². The monoisotopic (exact) mass is 492 g/mol. The standard InChI is InChI=1S/C25H32N8O3/c1-17(35)20-13-18-14-27-25(30-23(18)24(28-20)32-7-3-2-4-8-32)29-21-6-5-19(15-26-21)33-10-9-31(11-12-34)16-22(33)36/h5-6,13-15,17,34-35H,2-4,7-12,16H2,1H3,(H,26,27,29,30)/t17-/m1/s1. The third-order valence-corrected chi connectivity index (χ3v) is 6.67. The van der Waals surface area contributed by atoms with Gasteiger partial charge in [-0.3, -0.25) is 9.69 Å². The van der Waals surface area contributed by atoms with Crippen LogP contribution >= 0.6 is 0 Å². The highest BCUT2D eigenvalue weighted by Gasteiger charge is 2.25. The van der Waals surface area contributed by atoms with Gasteiger partial charge >= 0.3 is 0 Å². The van der Waals surface area contributed by atoms with Gasteiger partial charge in [-0.1, -0.05) is 0 Å². The Kier molecular flexibility index (Phi) is 7.21. The second-order valence-corrected chi connectivity index (χ2v) is 9.30. The van der Waals surface area contributed by atoms with E-state index in [9.17, 15) is 9.90 Å². The van der Waals surface area contributed by atoms with Crippen molar-refractivity contribution in [1.29, 1.82) is 0 Å². The average molecular weight is 493 g/mol. The first kappa shape index (κ1) is 24.3. The molecule has 11 nitrogen and oxygen atoms in total. The Hall–Kier alpha value is -3.41. The van der Waals surface area contributed by atoms with Crippen LogP contribution in [0.2, 0.25) is 0 Å². The maximum atomic E-state index is 12.5. The van der Waals surface area contributed by atoms with E-state index in [1.54, 1.807) is 30.3 Å². The number of nitrogens with zero attached hydrogens (tertiary/aromatic N) is 7. The van der Waals surface area contributed by atoms with Crippen LogP contribution in [0.25, 0.3) is 10.9 Å². The number of piperidine rings is 1. The van der Waals surface area contributed by atoms with Crippen molar-refractivity contribution in [1.82, 2.24) is 24.8 Å². The molecule has 3 aromatic rings. The number of β-amino-alcohol motifs (C(OH)–C–C–N with tert-alkyl or cyclic N) is 1. The van der Waals surface area contributed by atoms with Crippen LogP contribution in [0.4, 0.5) is 23.3 Å². The molecule has 36 heavy (non-hydrogen) atoms. The number of carbonyl (C=O) groups excluding carboxylic acids is 1. The number of hydrogen-bond acceptors (Lipinski definition) is 10. The highest BCUT2D eigenvalue weighted by Crippen LogP contribution is 2.29. The molecule has 0 spiro atoms. The van der Waals surface area contributed by atoms with Gasteiger partial charge in [0, 0.05) is 44.3 Å². The van der Waals surface area contributed by atoms with Gasteiger partial charge in [0.1, 0.15) is 11.3 Å². The van der Waals surface area contributed by atoms with Crippen molar-refractivity contribution in [2.45, 2.75) is 32.3 Å². The van der Waals surface area contributed by atoms with Crippen LogP contribution in [-0.4, -0.2) is 86.8 Å². The van der Waals surface area contributed by atoms with Crippen LogP contribution in [0.5, 0.6) is 0 Å². The molecule has 5 rings (SSSR count). The van der Waals surface area contributed by atoms with Gasteiger partial charge in [-0.2, -0.15) is 0 Å². The lowest BCUT2D eigenvalue weighted by Gasteiger charge is -2.33. The summed E-state index contributed by atoms with van der Waals surface area (Å²) in [6.07, 6.45) is 6.14. The smallest absolute Gasteiger partial charge is 0.241 e. The van der Waals surface area contributed by atoms with Crippen LogP contribution < -0.4 is 15.1 Å². The van der Waals surface area contributed by atoms with E-state index in [2.05, 4.69) is 20.2 Å². The van der Waals surface area contributed by atoms with Gasteiger partial charge in [-0.15, -0.1) is 0 Å². The van der Waals surface area contributed by atoms with Crippen LogP contribution in [-0.2, 0) is 4.79 Å². The third kappa shape index (κ3) is 5.23. The number of anilines is 4. The van der Waals surface area contributed by atoms with Gasteiger partial charge in [-0.05, 0) is 44.4 Å². The summed E-state index contributed by atoms with van der Waals surface area (Å²) in [5.41, 5.74) is 2.08. The topological polar surface area (TPSA) is 131 Å². The van der Waals surface area contributed by atoms with Crippen molar-refractivity contribution in [3.8, 4) is 0 Å². The van der Waals surface area contributed by atoms with Crippen LogP contribution in [0, 0.1) is 0 Å². The van der Waals surface area contributed by atoms with Crippen LogP contribution in [0.3, 0.4) is 0 Å². The minimum absolute atomic E-state index is 0.00983. The van der Waals surface area contributed by atoms with Crippen molar-refractivity contribution in [2.75, 3.05) is 61.0 Å². The Balaban J connectivity index is 1.36. The second kappa shape index (κ2) is 10.7. The number of nitrogens with one attached hydrogen (secondary N) is 1. The zero-order valence-electron chi connectivity index (χ0n) is 20.5. The Morgan fingerprint density at radius 2 is 1.89 bits per heavy atom. The summed E-state index contributed by atoms with van der Waals surface area (Å²) in [5, 5.41) is 23.2. The number of carbonyl (C=O) groups is 1. The maximum absolute atomic E-state index is 12.5. The first-order valence-corrected chi connectivity index (χ1v) is 12.5. The Morgan fingerprint density at radius 1 is 1.06 bits per heavy atom. The number of rotatable bonds is 7. The molecule has 5 heterocycles. The van der Waals surface area contributed by atoms with Gasteiger partial charge in [0.15, 0.2) is 5.82 Å². The molecule has 0 aliphatic carbocycles. The lowest BCUT2D eigenvalue weighted by atomic mass is 10.1. The molecule has 0 radical (unpaired) electrons. The molecule has 1 atom stereocenters. The molecule has 11 heteroatoms. The lowest BCUT2D eigenvalue weighted by Crippen LogP contribution is -2.51. The van der Waals surface area contributed by atoms with Crippen molar-refractivity contribution in [3.63, 3.8) is 0 Å². The van der Waals surface area contributed by atoms with Crippen molar-refractivity contribution >= 4 is 40.1 Å². The molecule has 1 amide bonds. The number of pyridine rings is 2. The predicted molar refractivity (Wildman–Crippen MR) is 137 cm³/mol. The van der Waals surface area contributed by atoms with Gasteiger partial charge < -0.3 is 25.3 Å². The summed E-state index contributed by atoms with van der Waals surface area (Å²) >= 11 is 0. The molecule has 190 valence electrons. The summed E-state index contributed by atoms with van der Waals surface area (Å²) in [4.78, 5) is 36.8. The first-order chi connectivity index (χ1) is 17.5. The molecule has 3 aromatic heterocycles. The van der Waals surface area contributed by atoms with E-state index in [0.29, 0.717) is 37.1 Å². The number of fused-ring (bicyclic) bond motifs is 1. The fourth-order valence-corrected chi connectivity index (χ4v) is 4.70. The summed E-state index contributed by atoms with van der Waals surface area (Å²) in [6.45, 7) is 5.63. The fraction of sp³-hybridized carbons (Fsp3) is 0.480. The summed E-state index contributed by atoms with van der Waals surface area (Å²) in [7, 11) is 0. The molecule has 2 fully saturated rings. The molecule has 0 aromatic carbocycles. The van der Waals surface area contributed by atoms with E-state index in [4.69, 9.17) is 15.1 Å². The zero-order chi connectivity index (χ0) is 25.1. The van der Waals surface area contributed by atoms with Crippen molar-refractivity contribution < 1.29 is 15.0 Å². The number of hydrogen-bond donors (Lipinski definition) is 3. The fourth-order valence-electron chi connectivity index (χ4n) is 4.70. The third-order valence-electron chi connectivity index (χ3n) is 6.67. The normalized spacial score (nSPS) is 18.0. The first-order valence-electron chi connectivity index (χ1n) is 12.5. The molecule has 0 unspecified atom stereocenters. The van der Waals surface area contributed by atoms with Crippen LogP contribution in [0.1, 0.15) is 38.0 Å². The molecule has 0 bridgehead atoms. The number of aromatic nitrogens is 4. The predicted octanol–water partition coefficient (Wildman–Crippen LogP) is 1.85. The Morgan fingerprint density at radius 3 is 2.58 bits per heavy atom. The Bertz CT molecular complexity index is 1210. The van der Waals surface area contributed by atoms with Crippen LogP contribution in [0.15, 0.2) is 30.6 Å². The average Bonchev–Trinajstić information content (AvgIpc) is 2.89. The highest BCUT2D eigenvalue weighted by atomic mass is 16.3. The number of amides is 1. The SMILES string of the molecule is C[C@@H](O)c1cc2cnc(Nc3ccc(N4CCN(CCO)CC4=O)cn3)nc2c(N2CCCCC2)n1.